The van der Waals surface area contributed by atoms with E-state index in [0.717, 1.165) is 51.4 Å². The third-order valence-electron chi connectivity index (χ3n) is 16.0. The Labute approximate surface area is 470 Å². The molecule has 0 aromatic heterocycles. The van der Waals surface area contributed by atoms with Gasteiger partial charge in [0.25, 0.3) is 0 Å². The molecular weight excluding hydrogens is 947 g/mol. The summed E-state index contributed by atoms with van der Waals surface area (Å²) in [6.07, 6.45) is 67.6. The van der Waals surface area contributed by atoms with Gasteiger partial charge in [-0.05, 0) is 51.4 Å². The van der Waals surface area contributed by atoms with Crippen molar-refractivity contribution in [2.45, 2.75) is 371 Å². The lowest BCUT2D eigenvalue weighted by Gasteiger charge is -2.40. The average molecular weight is 1070 g/mol. The Morgan fingerprint density at radius 3 is 1.14 bits per heavy atom. The number of hydrogen-bond donors (Lipinski definition) is 6. The van der Waals surface area contributed by atoms with E-state index in [4.69, 9.17) is 9.47 Å². The van der Waals surface area contributed by atoms with Gasteiger partial charge in [-0.2, -0.15) is 0 Å². The van der Waals surface area contributed by atoms with Crippen LogP contribution < -0.4 is 5.32 Å². The maximum absolute atomic E-state index is 13.1. The van der Waals surface area contributed by atoms with Crippen molar-refractivity contribution < 1.29 is 39.8 Å². The molecule has 7 unspecified atom stereocenters. The Balaban J connectivity index is 2.14. The third kappa shape index (κ3) is 45.2. The second-order valence-electron chi connectivity index (χ2n) is 23.3. The van der Waals surface area contributed by atoms with Crippen molar-refractivity contribution in [2.24, 2.45) is 0 Å². The Morgan fingerprint density at radius 2 is 0.776 bits per heavy atom. The first-order valence-electron chi connectivity index (χ1n) is 33.2. The van der Waals surface area contributed by atoms with E-state index in [9.17, 15) is 30.3 Å². The number of unbranched alkanes of at least 4 members (excludes halogenated alkanes) is 42. The van der Waals surface area contributed by atoms with E-state index in [-0.39, 0.29) is 12.5 Å². The Kier molecular flexibility index (Phi) is 54.0. The molecule has 0 spiro atoms. The van der Waals surface area contributed by atoms with E-state index in [1.165, 1.54) is 250 Å². The summed E-state index contributed by atoms with van der Waals surface area (Å²) in [4.78, 5) is 13.1. The van der Waals surface area contributed by atoms with Gasteiger partial charge in [-0.3, -0.25) is 4.79 Å². The van der Waals surface area contributed by atoms with Gasteiger partial charge in [0.05, 0.1) is 25.4 Å². The van der Waals surface area contributed by atoms with Crippen molar-refractivity contribution >= 4 is 5.91 Å². The third-order valence-corrected chi connectivity index (χ3v) is 16.0. The predicted molar refractivity (Wildman–Crippen MR) is 323 cm³/mol. The topological polar surface area (TPSA) is 149 Å². The summed E-state index contributed by atoms with van der Waals surface area (Å²) in [7, 11) is 0. The van der Waals surface area contributed by atoms with Crippen LogP contribution >= 0.6 is 0 Å². The second kappa shape index (κ2) is 56.7. The van der Waals surface area contributed by atoms with Gasteiger partial charge < -0.3 is 40.3 Å². The highest BCUT2D eigenvalue weighted by Gasteiger charge is 2.44. The van der Waals surface area contributed by atoms with E-state index in [0.29, 0.717) is 12.8 Å². The largest absolute Gasteiger partial charge is 0.394 e. The fourth-order valence-corrected chi connectivity index (χ4v) is 10.8. The van der Waals surface area contributed by atoms with Gasteiger partial charge in [0.2, 0.25) is 5.91 Å². The number of amides is 1. The van der Waals surface area contributed by atoms with E-state index in [1.807, 2.05) is 0 Å². The van der Waals surface area contributed by atoms with Crippen LogP contribution in [0.5, 0.6) is 0 Å². The lowest BCUT2D eigenvalue weighted by molar-refractivity contribution is -0.302. The zero-order valence-corrected chi connectivity index (χ0v) is 50.0. The van der Waals surface area contributed by atoms with Crippen molar-refractivity contribution in [2.75, 3.05) is 13.2 Å². The molecule has 0 aromatic rings. The fourth-order valence-electron chi connectivity index (χ4n) is 10.8. The van der Waals surface area contributed by atoms with Crippen LogP contribution in [-0.2, 0) is 14.3 Å². The molecule has 0 aliphatic carbocycles. The first-order valence-corrected chi connectivity index (χ1v) is 33.2. The number of aliphatic hydroxyl groups is 5. The molecule has 1 saturated heterocycles. The Hall–Kier alpha value is -1.59. The number of aliphatic hydroxyl groups excluding tert-OH is 5. The highest BCUT2D eigenvalue weighted by Crippen LogP contribution is 2.24. The highest BCUT2D eigenvalue weighted by molar-refractivity contribution is 5.76. The van der Waals surface area contributed by atoms with Crippen molar-refractivity contribution in [1.82, 2.24) is 5.32 Å². The minimum atomic E-state index is -1.55. The molecule has 1 heterocycles. The molecule has 9 nitrogen and oxygen atoms in total. The summed E-state index contributed by atoms with van der Waals surface area (Å²) < 4.78 is 11.4. The summed E-state index contributed by atoms with van der Waals surface area (Å²) in [6.45, 7) is 3.87. The smallest absolute Gasteiger partial charge is 0.220 e. The molecule has 6 N–H and O–H groups in total. The lowest BCUT2D eigenvalue weighted by atomic mass is 9.99. The van der Waals surface area contributed by atoms with Gasteiger partial charge in [0.15, 0.2) is 6.29 Å². The van der Waals surface area contributed by atoms with Crippen LogP contribution in [0.4, 0.5) is 0 Å². The summed E-state index contributed by atoms with van der Waals surface area (Å²) >= 11 is 0. The van der Waals surface area contributed by atoms with E-state index < -0.39 is 49.5 Å². The second-order valence-corrected chi connectivity index (χ2v) is 23.3. The molecule has 0 radical (unpaired) electrons. The van der Waals surface area contributed by atoms with Crippen LogP contribution in [0, 0.1) is 0 Å². The Bertz CT molecular complexity index is 1290. The number of hydrogen-bond acceptors (Lipinski definition) is 8. The molecule has 1 fully saturated rings. The van der Waals surface area contributed by atoms with Crippen LogP contribution in [0.25, 0.3) is 0 Å². The monoisotopic (exact) mass is 1070 g/mol. The van der Waals surface area contributed by atoms with Crippen molar-refractivity contribution in [3.8, 4) is 0 Å². The predicted octanol–water partition coefficient (Wildman–Crippen LogP) is 17.5. The molecule has 0 saturated carbocycles. The van der Waals surface area contributed by atoms with Crippen molar-refractivity contribution in [3.05, 3.63) is 36.5 Å². The number of carbonyl (C=O) groups excluding carboxylic acids is 1. The number of ether oxygens (including phenoxy) is 2. The SMILES string of the molecule is CCCCCCC/C=C\C/C=C\C/C=C\CCCCCCCCCCCCCCCCC(=O)NC(COC1OC(CO)C(O)C(O)C1O)C(O)CCCCCCCCCCCCCCCCCCCCCCCCCC. The molecule has 0 bridgehead atoms. The maximum Gasteiger partial charge on any atom is 0.220 e. The molecule has 1 rings (SSSR count). The maximum atomic E-state index is 13.1. The molecule has 1 aliphatic rings. The summed E-state index contributed by atoms with van der Waals surface area (Å²) in [5.41, 5.74) is 0. The molecule has 448 valence electrons. The molecule has 0 aromatic carbocycles. The summed E-state index contributed by atoms with van der Waals surface area (Å²) in [5, 5.41) is 54.9. The van der Waals surface area contributed by atoms with Gasteiger partial charge in [-0.1, -0.05) is 307 Å². The quantitative estimate of drug-likeness (QED) is 0.0261. The number of nitrogens with one attached hydrogen (secondary N) is 1. The van der Waals surface area contributed by atoms with Gasteiger partial charge >= 0.3 is 0 Å². The first-order chi connectivity index (χ1) is 37.3. The van der Waals surface area contributed by atoms with Gasteiger partial charge in [-0.25, -0.2) is 0 Å². The minimum absolute atomic E-state index is 0.136. The van der Waals surface area contributed by atoms with E-state index in [2.05, 4.69) is 55.6 Å². The van der Waals surface area contributed by atoms with Crippen molar-refractivity contribution in [3.63, 3.8) is 0 Å². The number of carbonyl (C=O) groups is 1. The molecule has 7 atom stereocenters. The van der Waals surface area contributed by atoms with Crippen LogP contribution in [0.15, 0.2) is 36.5 Å². The van der Waals surface area contributed by atoms with Gasteiger partial charge in [0.1, 0.15) is 24.4 Å². The van der Waals surface area contributed by atoms with E-state index in [1.54, 1.807) is 0 Å². The molecule has 1 aliphatic heterocycles. The van der Waals surface area contributed by atoms with E-state index >= 15 is 0 Å². The molecule has 76 heavy (non-hydrogen) atoms. The minimum Gasteiger partial charge on any atom is -0.394 e. The molecular formula is C67H127NO8. The van der Waals surface area contributed by atoms with Crippen LogP contribution in [-0.4, -0.2) is 87.5 Å². The summed E-state index contributed by atoms with van der Waals surface area (Å²) in [6, 6.07) is -0.720. The zero-order valence-electron chi connectivity index (χ0n) is 50.0. The first kappa shape index (κ1) is 72.4. The summed E-state index contributed by atoms with van der Waals surface area (Å²) in [5.74, 6) is -0.140. The van der Waals surface area contributed by atoms with Crippen molar-refractivity contribution in [1.29, 1.82) is 0 Å². The fraction of sp³-hybridized carbons (Fsp3) is 0.896. The molecule has 1 amide bonds. The zero-order chi connectivity index (χ0) is 55.0. The van der Waals surface area contributed by atoms with Crippen LogP contribution in [0.3, 0.4) is 0 Å². The van der Waals surface area contributed by atoms with Gasteiger partial charge in [0, 0.05) is 6.42 Å². The normalized spacial score (nSPS) is 19.0. The number of allylic oxidation sites excluding steroid dienone is 6. The van der Waals surface area contributed by atoms with Crippen LogP contribution in [0.1, 0.15) is 328 Å². The Morgan fingerprint density at radius 1 is 0.447 bits per heavy atom. The average Bonchev–Trinajstić information content (AvgIpc) is 3.42. The standard InChI is InChI=1S/C67H127NO8/c1-3-5-7-9-11-13-15-17-19-21-23-25-27-29-30-31-32-33-35-37-39-41-43-45-47-49-51-53-55-57-63(71)68-60(59-75-67-66(74)65(73)64(72)62(58-69)76-67)61(70)56-54-52-50-48-46-44-42-40-38-36-34-28-26-24-22-20-18-16-14-12-10-8-6-4-2/h15,17,21,23,27,29,60-62,64-67,69-70,72-74H,3-14,16,18-20,22,24-26,28,30-59H2,1-2H3,(H,68,71)/b17-15-,23-21-,29-27-. The highest BCUT2D eigenvalue weighted by atomic mass is 16.7. The van der Waals surface area contributed by atoms with Crippen LogP contribution in [0.2, 0.25) is 0 Å². The number of rotatable bonds is 58. The molecule has 9 heteroatoms. The lowest BCUT2D eigenvalue weighted by Crippen LogP contribution is -2.60. The van der Waals surface area contributed by atoms with Gasteiger partial charge in [-0.15, -0.1) is 0 Å².